The van der Waals surface area contributed by atoms with Gasteiger partial charge in [0.05, 0.1) is 28.0 Å². The highest BCUT2D eigenvalue weighted by molar-refractivity contribution is 6.39. The van der Waals surface area contributed by atoms with E-state index in [-0.39, 0.29) is 24.1 Å². The number of aryl methyl sites for hydroxylation is 1. The molecular weight excluding hydrogens is 389 g/mol. The van der Waals surface area contributed by atoms with Gasteiger partial charge in [-0.2, -0.15) is 0 Å². The molecule has 0 aliphatic heterocycles. The summed E-state index contributed by atoms with van der Waals surface area (Å²) in [4.78, 5) is 25.6. The summed E-state index contributed by atoms with van der Waals surface area (Å²) < 4.78 is 4.84. The van der Waals surface area contributed by atoms with Crippen LogP contribution >= 0.6 is 34.8 Å². The largest absolute Gasteiger partial charge is 0.344 e. The van der Waals surface area contributed by atoms with Crippen LogP contribution in [0.5, 0.6) is 0 Å². The Morgan fingerprint density at radius 1 is 1.24 bits per heavy atom. The Morgan fingerprint density at radius 3 is 2.44 bits per heavy atom. The molecule has 25 heavy (non-hydrogen) atoms. The van der Waals surface area contributed by atoms with Gasteiger partial charge in [-0.1, -0.05) is 34.4 Å². The zero-order valence-electron chi connectivity index (χ0n) is 13.6. The van der Waals surface area contributed by atoms with Crippen molar-refractivity contribution in [1.82, 2.24) is 10.1 Å². The third-order valence-electron chi connectivity index (χ3n) is 3.56. The number of para-hydroxylation sites is 1. The molecule has 1 N–H and O–H groups in total. The average Bonchev–Trinajstić information content (AvgIpc) is 2.87. The first-order chi connectivity index (χ1) is 11.8. The van der Waals surface area contributed by atoms with Crippen molar-refractivity contribution in [3.8, 4) is 0 Å². The minimum atomic E-state index is -0.398. The molecule has 9 heteroatoms. The summed E-state index contributed by atoms with van der Waals surface area (Å²) in [5.41, 5.74) is 1.66. The van der Waals surface area contributed by atoms with Crippen molar-refractivity contribution in [1.29, 1.82) is 0 Å². The Balaban J connectivity index is 1.89. The predicted molar refractivity (Wildman–Crippen MR) is 97.3 cm³/mol. The predicted octanol–water partition coefficient (Wildman–Crippen LogP) is 3.97. The summed E-state index contributed by atoms with van der Waals surface area (Å²) >= 11 is 17.9. The van der Waals surface area contributed by atoms with E-state index >= 15 is 0 Å². The van der Waals surface area contributed by atoms with E-state index in [1.165, 1.54) is 11.9 Å². The van der Waals surface area contributed by atoms with E-state index in [9.17, 15) is 9.59 Å². The molecule has 0 unspecified atom stereocenters. The molecule has 2 rings (SSSR count). The molecule has 2 aromatic rings. The molecule has 6 nitrogen and oxygen atoms in total. The number of halogens is 3. The van der Waals surface area contributed by atoms with Gasteiger partial charge < -0.3 is 14.7 Å². The molecule has 0 bridgehead atoms. The van der Waals surface area contributed by atoms with E-state index < -0.39 is 5.91 Å². The van der Waals surface area contributed by atoms with Gasteiger partial charge >= 0.3 is 0 Å². The fourth-order valence-electron chi connectivity index (χ4n) is 2.16. The smallest absolute Gasteiger partial charge is 0.244 e. The van der Waals surface area contributed by atoms with Crippen LogP contribution in [0.4, 0.5) is 5.69 Å². The molecule has 0 atom stereocenters. The minimum absolute atomic E-state index is 0.128. The normalized spacial score (nSPS) is 10.6. The van der Waals surface area contributed by atoms with E-state index in [0.717, 1.165) is 0 Å². The fourth-order valence-corrected chi connectivity index (χ4v) is 2.92. The summed E-state index contributed by atoms with van der Waals surface area (Å²) in [6, 6.07) is 4.90. The first-order valence-corrected chi connectivity index (χ1v) is 8.51. The molecular formula is C16H16Cl3N3O3. The van der Waals surface area contributed by atoms with Crippen molar-refractivity contribution in [2.24, 2.45) is 0 Å². The Hall–Kier alpha value is -1.76. The molecule has 0 aliphatic carbocycles. The molecule has 1 aromatic carbocycles. The number of amides is 2. The highest BCUT2D eigenvalue weighted by atomic mass is 35.5. The van der Waals surface area contributed by atoms with Gasteiger partial charge in [-0.05, 0) is 37.1 Å². The van der Waals surface area contributed by atoms with Crippen molar-refractivity contribution < 1.29 is 14.1 Å². The molecule has 0 saturated carbocycles. The van der Waals surface area contributed by atoms with Gasteiger partial charge in [-0.25, -0.2) is 0 Å². The first-order valence-electron chi connectivity index (χ1n) is 7.38. The minimum Gasteiger partial charge on any atom is -0.344 e. The zero-order chi connectivity index (χ0) is 18.6. The molecule has 2 amide bonds. The number of aromatic nitrogens is 1. The fraction of sp³-hybridized carbons (Fsp3) is 0.312. The SMILES string of the molecule is Cc1noc(Cl)c1CCC(=O)N(C)CC(=O)Nc1c(Cl)cccc1Cl. The number of likely N-dealkylation sites (N-methyl/N-ethyl adjacent to an activating group) is 1. The number of hydrogen-bond acceptors (Lipinski definition) is 4. The maximum atomic E-state index is 12.2. The van der Waals surface area contributed by atoms with Crippen LogP contribution in [0.3, 0.4) is 0 Å². The van der Waals surface area contributed by atoms with Crippen LogP contribution in [0, 0.1) is 6.92 Å². The summed E-state index contributed by atoms with van der Waals surface area (Å²) in [6.07, 6.45) is 0.563. The monoisotopic (exact) mass is 403 g/mol. The van der Waals surface area contributed by atoms with E-state index in [1.807, 2.05) is 0 Å². The summed E-state index contributed by atoms with van der Waals surface area (Å²) in [5.74, 6) is -0.609. The number of nitrogens with zero attached hydrogens (tertiary/aromatic N) is 2. The Morgan fingerprint density at radius 2 is 1.88 bits per heavy atom. The molecule has 0 spiro atoms. The third kappa shape index (κ3) is 5.11. The number of nitrogens with one attached hydrogen (secondary N) is 1. The Labute approximate surface area is 160 Å². The van der Waals surface area contributed by atoms with E-state index in [4.69, 9.17) is 39.3 Å². The van der Waals surface area contributed by atoms with Gasteiger partial charge in [0.25, 0.3) is 0 Å². The van der Waals surface area contributed by atoms with E-state index in [1.54, 1.807) is 25.1 Å². The maximum absolute atomic E-state index is 12.2. The van der Waals surface area contributed by atoms with Gasteiger partial charge in [0.15, 0.2) is 0 Å². The van der Waals surface area contributed by atoms with Crippen molar-refractivity contribution in [3.63, 3.8) is 0 Å². The topological polar surface area (TPSA) is 75.4 Å². The second kappa shape index (κ2) is 8.56. The zero-order valence-corrected chi connectivity index (χ0v) is 15.9. The van der Waals surface area contributed by atoms with Crippen molar-refractivity contribution in [3.05, 3.63) is 44.7 Å². The second-order valence-electron chi connectivity index (χ2n) is 5.41. The molecule has 1 heterocycles. The van der Waals surface area contributed by atoms with Crippen LogP contribution < -0.4 is 5.32 Å². The maximum Gasteiger partial charge on any atom is 0.244 e. The van der Waals surface area contributed by atoms with Crippen molar-refractivity contribution in [2.45, 2.75) is 19.8 Å². The molecule has 0 fully saturated rings. The third-order valence-corrected chi connectivity index (χ3v) is 4.49. The van der Waals surface area contributed by atoms with Gasteiger partial charge in [-0.15, -0.1) is 0 Å². The van der Waals surface area contributed by atoms with Crippen LogP contribution in [0.15, 0.2) is 22.7 Å². The van der Waals surface area contributed by atoms with Crippen LogP contribution in [-0.4, -0.2) is 35.5 Å². The first kappa shape index (κ1) is 19.6. The van der Waals surface area contributed by atoms with Crippen LogP contribution in [0.25, 0.3) is 0 Å². The number of carbonyl (C=O) groups excluding carboxylic acids is 2. The van der Waals surface area contributed by atoms with Gasteiger partial charge in [0.1, 0.15) is 0 Å². The Kier molecular flexibility index (Phi) is 6.70. The molecule has 0 aliphatic rings. The number of carbonyl (C=O) groups is 2. The second-order valence-corrected chi connectivity index (χ2v) is 6.57. The molecule has 0 saturated heterocycles. The highest BCUT2D eigenvalue weighted by Gasteiger charge is 2.17. The van der Waals surface area contributed by atoms with Crippen LogP contribution in [0.2, 0.25) is 15.3 Å². The Bertz CT molecular complexity index is 752. The number of hydrogen-bond donors (Lipinski definition) is 1. The lowest BCUT2D eigenvalue weighted by Gasteiger charge is -2.17. The van der Waals surface area contributed by atoms with Crippen LogP contribution in [-0.2, 0) is 16.0 Å². The van der Waals surface area contributed by atoms with Crippen molar-refractivity contribution >= 4 is 52.3 Å². The summed E-state index contributed by atoms with van der Waals surface area (Å²) in [6.45, 7) is 1.62. The lowest BCUT2D eigenvalue weighted by atomic mass is 10.1. The molecule has 0 radical (unpaired) electrons. The van der Waals surface area contributed by atoms with E-state index in [0.29, 0.717) is 33.4 Å². The standard InChI is InChI=1S/C16H16Cl3N3O3/c1-9-10(16(19)25-21-9)6-7-14(24)22(2)8-13(23)20-15-11(17)4-3-5-12(15)18/h3-5H,6-8H2,1-2H3,(H,20,23). The van der Waals surface area contributed by atoms with Gasteiger partial charge in [0.2, 0.25) is 17.0 Å². The molecule has 134 valence electrons. The summed E-state index contributed by atoms with van der Waals surface area (Å²) in [7, 11) is 1.54. The van der Waals surface area contributed by atoms with Crippen LogP contribution in [0.1, 0.15) is 17.7 Å². The molecule has 1 aromatic heterocycles. The summed E-state index contributed by atoms with van der Waals surface area (Å²) in [5, 5.41) is 7.17. The number of benzene rings is 1. The number of rotatable bonds is 6. The highest BCUT2D eigenvalue weighted by Crippen LogP contribution is 2.29. The van der Waals surface area contributed by atoms with Gasteiger partial charge in [-0.3, -0.25) is 9.59 Å². The average molecular weight is 405 g/mol. The quantitative estimate of drug-likeness (QED) is 0.790. The van der Waals surface area contributed by atoms with Gasteiger partial charge in [0, 0.05) is 19.0 Å². The van der Waals surface area contributed by atoms with E-state index in [2.05, 4.69) is 10.5 Å². The number of anilines is 1. The van der Waals surface area contributed by atoms with Crippen molar-refractivity contribution in [2.75, 3.05) is 18.9 Å². The lowest BCUT2D eigenvalue weighted by Crippen LogP contribution is -2.35. The lowest BCUT2D eigenvalue weighted by molar-refractivity contribution is -0.133.